The van der Waals surface area contributed by atoms with Crippen LogP contribution in [0.1, 0.15) is 25.8 Å². The molecule has 2 atom stereocenters. The Morgan fingerprint density at radius 2 is 2.05 bits per heavy atom. The summed E-state index contributed by atoms with van der Waals surface area (Å²) in [6.45, 7) is 5.59. The molecule has 2 aromatic rings. The van der Waals surface area contributed by atoms with Gasteiger partial charge in [0.1, 0.15) is 0 Å². The van der Waals surface area contributed by atoms with Crippen LogP contribution in [-0.2, 0) is 6.54 Å². The minimum atomic E-state index is -0.273. The Balaban J connectivity index is 1.82. The van der Waals surface area contributed by atoms with E-state index in [4.69, 9.17) is 0 Å². The van der Waals surface area contributed by atoms with Gasteiger partial charge < -0.3 is 15.0 Å². The zero-order valence-electron chi connectivity index (χ0n) is 12.2. The molecule has 0 amide bonds. The number of aromatic nitrogens is 2. The van der Waals surface area contributed by atoms with E-state index in [1.165, 1.54) is 5.56 Å². The topological polar surface area (TPSA) is 50.1 Å². The number of nitrogens with zero attached hydrogens (tertiary/aromatic N) is 2. The number of aliphatic hydroxyl groups excluding tert-OH is 1. The molecular weight excluding hydrogens is 250 g/mol. The lowest BCUT2D eigenvalue weighted by molar-refractivity contribution is 0.113. The van der Waals surface area contributed by atoms with Crippen LogP contribution in [0.4, 0.5) is 0 Å². The third-order valence-electron chi connectivity index (χ3n) is 3.72. The van der Waals surface area contributed by atoms with E-state index < -0.39 is 0 Å². The molecule has 0 fully saturated rings. The van der Waals surface area contributed by atoms with Crippen LogP contribution in [0.3, 0.4) is 0 Å². The number of benzene rings is 1. The molecule has 4 heteroatoms. The van der Waals surface area contributed by atoms with Gasteiger partial charge in [0.15, 0.2) is 0 Å². The van der Waals surface area contributed by atoms with E-state index in [1.807, 2.05) is 10.8 Å². The smallest absolute Gasteiger partial charge is 0.0991 e. The van der Waals surface area contributed by atoms with E-state index in [-0.39, 0.29) is 6.10 Å². The van der Waals surface area contributed by atoms with Crippen LogP contribution >= 0.6 is 0 Å². The van der Waals surface area contributed by atoms with E-state index in [0.717, 1.165) is 18.7 Å². The highest BCUT2D eigenvalue weighted by molar-refractivity contribution is 5.34. The highest BCUT2D eigenvalue weighted by Crippen LogP contribution is 2.10. The monoisotopic (exact) mass is 273 g/mol. The van der Waals surface area contributed by atoms with E-state index in [0.29, 0.717) is 12.5 Å². The SMILES string of the molecule is CCC(C)C(O)CNCc1ccc(-n2ccnc2)cc1. The zero-order valence-corrected chi connectivity index (χ0v) is 12.2. The molecule has 0 aliphatic rings. The van der Waals surface area contributed by atoms with Crippen molar-refractivity contribution in [1.82, 2.24) is 14.9 Å². The number of aliphatic hydroxyl groups is 1. The maximum absolute atomic E-state index is 9.89. The summed E-state index contributed by atoms with van der Waals surface area (Å²) in [4.78, 5) is 4.04. The van der Waals surface area contributed by atoms with Gasteiger partial charge in [-0.15, -0.1) is 0 Å². The van der Waals surface area contributed by atoms with Crippen LogP contribution in [-0.4, -0.2) is 27.3 Å². The van der Waals surface area contributed by atoms with Crippen LogP contribution in [0.15, 0.2) is 43.0 Å². The van der Waals surface area contributed by atoms with Crippen molar-refractivity contribution in [2.24, 2.45) is 5.92 Å². The second-order valence-corrected chi connectivity index (χ2v) is 5.22. The Hall–Kier alpha value is -1.65. The fourth-order valence-corrected chi connectivity index (χ4v) is 2.04. The summed E-state index contributed by atoms with van der Waals surface area (Å²) in [6.07, 6.45) is 6.21. The standard InChI is InChI=1S/C16H23N3O/c1-3-13(2)16(20)11-18-10-14-4-6-15(7-5-14)19-9-8-17-12-19/h4-9,12-13,16,18,20H,3,10-11H2,1-2H3. The molecule has 1 heterocycles. The summed E-state index contributed by atoms with van der Waals surface area (Å²) in [5, 5.41) is 13.2. The molecule has 0 saturated heterocycles. The minimum Gasteiger partial charge on any atom is -0.392 e. The van der Waals surface area contributed by atoms with Crippen LogP contribution in [0.2, 0.25) is 0 Å². The molecule has 20 heavy (non-hydrogen) atoms. The van der Waals surface area contributed by atoms with Gasteiger partial charge in [-0.25, -0.2) is 4.98 Å². The largest absolute Gasteiger partial charge is 0.392 e. The molecule has 1 aromatic carbocycles. The fourth-order valence-electron chi connectivity index (χ4n) is 2.04. The zero-order chi connectivity index (χ0) is 14.4. The van der Waals surface area contributed by atoms with E-state index in [1.54, 1.807) is 12.5 Å². The van der Waals surface area contributed by atoms with Gasteiger partial charge >= 0.3 is 0 Å². The molecule has 0 aliphatic carbocycles. The normalized spacial score (nSPS) is 14.2. The molecule has 0 radical (unpaired) electrons. The Kier molecular flexibility index (Phi) is 5.32. The van der Waals surface area contributed by atoms with Crippen LogP contribution in [0.5, 0.6) is 0 Å². The van der Waals surface area contributed by atoms with Crippen LogP contribution in [0, 0.1) is 5.92 Å². The first-order valence-electron chi connectivity index (χ1n) is 7.16. The van der Waals surface area contributed by atoms with Gasteiger partial charge in [-0.2, -0.15) is 0 Å². The molecule has 0 spiro atoms. The quantitative estimate of drug-likeness (QED) is 0.814. The Labute approximate surface area is 120 Å². The first kappa shape index (κ1) is 14.8. The molecular formula is C16H23N3O. The highest BCUT2D eigenvalue weighted by Gasteiger charge is 2.11. The summed E-state index contributed by atoms with van der Waals surface area (Å²) in [5.41, 5.74) is 2.32. The fraction of sp³-hybridized carbons (Fsp3) is 0.438. The maximum Gasteiger partial charge on any atom is 0.0991 e. The molecule has 2 rings (SSSR count). The average Bonchev–Trinajstić information content (AvgIpc) is 3.01. The van der Waals surface area contributed by atoms with Crippen molar-refractivity contribution in [3.8, 4) is 5.69 Å². The summed E-state index contributed by atoms with van der Waals surface area (Å²) in [7, 11) is 0. The first-order valence-corrected chi connectivity index (χ1v) is 7.16. The predicted molar refractivity (Wildman–Crippen MR) is 80.7 cm³/mol. The van der Waals surface area contributed by atoms with Crippen molar-refractivity contribution in [3.63, 3.8) is 0 Å². The van der Waals surface area contributed by atoms with Crippen molar-refractivity contribution in [1.29, 1.82) is 0 Å². The van der Waals surface area contributed by atoms with Crippen molar-refractivity contribution in [2.75, 3.05) is 6.54 Å². The van der Waals surface area contributed by atoms with E-state index >= 15 is 0 Å². The van der Waals surface area contributed by atoms with Gasteiger partial charge in [0.05, 0.1) is 12.4 Å². The average molecular weight is 273 g/mol. The number of hydrogen-bond acceptors (Lipinski definition) is 3. The summed E-state index contributed by atoms with van der Waals surface area (Å²) in [5.74, 6) is 0.339. The Morgan fingerprint density at radius 1 is 1.30 bits per heavy atom. The van der Waals surface area contributed by atoms with Crippen molar-refractivity contribution in [2.45, 2.75) is 32.9 Å². The number of rotatable bonds is 7. The van der Waals surface area contributed by atoms with Crippen molar-refractivity contribution in [3.05, 3.63) is 48.5 Å². The minimum absolute atomic E-state index is 0.273. The molecule has 1 aromatic heterocycles. The molecule has 0 aliphatic heterocycles. The molecule has 2 N–H and O–H groups in total. The predicted octanol–water partition coefficient (Wildman–Crippen LogP) is 2.37. The first-order chi connectivity index (χ1) is 9.70. The maximum atomic E-state index is 9.89. The van der Waals surface area contributed by atoms with Gasteiger partial charge in [0, 0.05) is 31.2 Å². The Bertz CT molecular complexity index is 493. The van der Waals surface area contributed by atoms with Crippen LogP contribution < -0.4 is 5.32 Å². The van der Waals surface area contributed by atoms with Gasteiger partial charge in [-0.1, -0.05) is 32.4 Å². The third kappa shape index (κ3) is 3.92. The van der Waals surface area contributed by atoms with Gasteiger partial charge in [-0.3, -0.25) is 0 Å². The molecule has 2 unspecified atom stereocenters. The second kappa shape index (κ2) is 7.22. The second-order valence-electron chi connectivity index (χ2n) is 5.22. The van der Waals surface area contributed by atoms with E-state index in [2.05, 4.69) is 48.4 Å². The lowest BCUT2D eigenvalue weighted by Crippen LogP contribution is -2.31. The van der Waals surface area contributed by atoms with Crippen molar-refractivity contribution < 1.29 is 5.11 Å². The number of nitrogens with one attached hydrogen (secondary N) is 1. The van der Waals surface area contributed by atoms with Crippen LogP contribution in [0.25, 0.3) is 5.69 Å². The molecule has 0 saturated carbocycles. The lowest BCUT2D eigenvalue weighted by Gasteiger charge is -2.17. The molecule has 4 nitrogen and oxygen atoms in total. The third-order valence-corrected chi connectivity index (χ3v) is 3.72. The summed E-state index contributed by atoms with van der Waals surface area (Å²) >= 11 is 0. The van der Waals surface area contributed by atoms with Crippen molar-refractivity contribution >= 4 is 0 Å². The molecule has 0 bridgehead atoms. The molecule has 108 valence electrons. The van der Waals surface area contributed by atoms with Gasteiger partial charge in [-0.05, 0) is 23.6 Å². The summed E-state index contributed by atoms with van der Waals surface area (Å²) in [6, 6.07) is 8.34. The van der Waals surface area contributed by atoms with E-state index in [9.17, 15) is 5.11 Å². The lowest BCUT2D eigenvalue weighted by atomic mass is 10.0. The number of hydrogen-bond donors (Lipinski definition) is 2. The summed E-state index contributed by atoms with van der Waals surface area (Å²) < 4.78 is 1.98. The van der Waals surface area contributed by atoms with Gasteiger partial charge in [0.25, 0.3) is 0 Å². The number of imidazole rings is 1. The van der Waals surface area contributed by atoms with Gasteiger partial charge in [0.2, 0.25) is 0 Å². The Morgan fingerprint density at radius 3 is 2.65 bits per heavy atom. The highest BCUT2D eigenvalue weighted by atomic mass is 16.3.